The molecule has 0 atom stereocenters. The van der Waals surface area contributed by atoms with Crippen molar-refractivity contribution in [3.63, 3.8) is 0 Å². The van der Waals surface area contributed by atoms with Gasteiger partial charge in [-0.25, -0.2) is 0 Å². The Morgan fingerprint density at radius 2 is 1.08 bits per heavy atom. The first-order chi connectivity index (χ1) is 12.7. The lowest BCUT2D eigenvalue weighted by Crippen LogP contribution is -2.08. The summed E-state index contributed by atoms with van der Waals surface area (Å²) in [6.07, 6.45) is 0. The lowest BCUT2D eigenvalue weighted by molar-refractivity contribution is 0.413. The summed E-state index contributed by atoms with van der Waals surface area (Å²) >= 11 is 0. The van der Waals surface area contributed by atoms with Gasteiger partial charge in [0, 0.05) is 17.7 Å². The first-order valence-electron chi connectivity index (χ1n) is 8.35. The monoisotopic (exact) mass is 367 g/mol. The summed E-state index contributed by atoms with van der Waals surface area (Å²) in [6, 6.07) is 24.8. The highest BCUT2D eigenvalue weighted by molar-refractivity contribution is 7.96. The molecule has 3 rings (SSSR count). The van der Waals surface area contributed by atoms with Gasteiger partial charge in [0.15, 0.2) is 9.79 Å². The van der Waals surface area contributed by atoms with E-state index in [9.17, 15) is 0 Å². The molecule has 0 heterocycles. The number of rotatable bonds is 7. The number of benzene rings is 3. The van der Waals surface area contributed by atoms with Gasteiger partial charge in [-0.3, -0.25) is 0 Å². The summed E-state index contributed by atoms with van der Waals surface area (Å²) in [6.45, 7) is 0. The van der Waals surface area contributed by atoms with Crippen molar-refractivity contribution in [3.8, 4) is 17.2 Å². The Hall–Kier alpha value is -2.59. The van der Waals surface area contributed by atoms with E-state index in [1.807, 2.05) is 36.4 Å². The molecule has 0 aliphatic heterocycles. The molecule has 134 valence electrons. The molecule has 0 bridgehead atoms. The van der Waals surface area contributed by atoms with Crippen molar-refractivity contribution in [2.75, 3.05) is 21.3 Å². The van der Waals surface area contributed by atoms with Crippen LogP contribution in [0.4, 0.5) is 0 Å². The zero-order chi connectivity index (χ0) is 18.4. The standard InChI is InChI=1S/C22H23O3S/c1-23-18-8-4-7-17(13-18)16-26(21-11-5-9-19(14-21)24-2)22-12-6-10-20(15-22)25-3/h4-15H,16H2,1-3H3/q+1. The van der Waals surface area contributed by atoms with Crippen molar-refractivity contribution < 1.29 is 14.2 Å². The van der Waals surface area contributed by atoms with Crippen LogP contribution < -0.4 is 14.2 Å². The van der Waals surface area contributed by atoms with E-state index in [0.29, 0.717) is 0 Å². The average molecular weight is 367 g/mol. The quantitative estimate of drug-likeness (QED) is 0.553. The van der Waals surface area contributed by atoms with E-state index in [2.05, 4.69) is 36.4 Å². The molecule has 0 spiro atoms. The normalized spacial score (nSPS) is 10.6. The van der Waals surface area contributed by atoms with Crippen molar-refractivity contribution >= 4 is 10.9 Å². The Kier molecular flexibility index (Phi) is 6.08. The predicted molar refractivity (Wildman–Crippen MR) is 107 cm³/mol. The van der Waals surface area contributed by atoms with Crippen LogP contribution in [0.1, 0.15) is 5.56 Å². The maximum Gasteiger partial charge on any atom is 0.164 e. The van der Waals surface area contributed by atoms with Crippen LogP contribution in [0.5, 0.6) is 17.2 Å². The molecule has 4 heteroatoms. The van der Waals surface area contributed by atoms with Crippen molar-refractivity contribution in [1.29, 1.82) is 0 Å². The molecule has 26 heavy (non-hydrogen) atoms. The zero-order valence-corrected chi connectivity index (χ0v) is 16.1. The van der Waals surface area contributed by atoms with Gasteiger partial charge < -0.3 is 14.2 Å². The molecule has 3 aromatic rings. The number of hydrogen-bond acceptors (Lipinski definition) is 3. The molecule has 3 aromatic carbocycles. The van der Waals surface area contributed by atoms with Crippen LogP contribution in [0, 0.1) is 0 Å². The topological polar surface area (TPSA) is 27.7 Å². The SMILES string of the molecule is COc1cccc(C[S+](c2cccc(OC)c2)c2cccc(OC)c2)c1. The molecule has 0 N–H and O–H groups in total. The predicted octanol–water partition coefficient (Wildman–Crippen LogP) is 4.95. The van der Waals surface area contributed by atoms with E-state index >= 15 is 0 Å². The Morgan fingerprint density at radius 3 is 1.58 bits per heavy atom. The average Bonchev–Trinajstić information content (AvgIpc) is 2.72. The third-order valence-electron chi connectivity index (χ3n) is 4.10. The molecule has 0 unspecified atom stereocenters. The summed E-state index contributed by atoms with van der Waals surface area (Å²) in [5.41, 5.74) is 1.23. The number of ether oxygens (including phenoxy) is 3. The van der Waals surface area contributed by atoms with Crippen molar-refractivity contribution in [3.05, 3.63) is 78.4 Å². The molecular formula is C22H23O3S+. The van der Waals surface area contributed by atoms with Gasteiger partial charge in [-0.1, -0.05) is 24.3 Å². The van der Waals surface area contributed by atoms with Crippen LogP contribution >= 0.6 is 0 Å². The van der Waals surface area contributed by atoms with Crippen molar-refractivity contribution in [2.24, 2.45) is 0 Å². The maximum absolute atomic E-state index is 5.43. The van der Waals surface area contributed by atoms with Crippen LogP contribution in [-0.2, 0) is 16.6 Å². The fourth-order valence-corrected chi connectivity index (χ4v) is 4.86. The van der Waals surface area contributed by atoms with E-state index in [4.69, 9.17) is 14.2 Å². The highest BCUT2D eigenvalue weighted by atomic mass is 32.2. The smallest absolute Gasteiger partial charge is 0.164 e. The fourth-order valence-electron chi connectivity index (χ4n) is 2.74. The minimum Gasteiger partial charge on any atom is -0.497 e. The van der Waals surface area contributed by atoms with Crippen LogP contribution in [0.2, 0.25) is 0 Å². The number of methoxy groups -OCH3 is 3. The van der Waals surface area contributed by atoms with E-state index in [1.165, 1.54) is 15.4 Å². The van der Waals surface area contributed by atoms with E-state index < -0.39 is 0 Å². The minimum atomic E-state index is -0.152. The van der Waals surface area contributed by atoms with Gasteiger partial charge in [-0.2, -0.15) is 0 Å². The van der Waals surface area contributed by atoms with Crippen LogP contribution in [0.15, 0.2) is 82.6 Å². The second kappa shape index (κ2) is 8.68. The fraction of sp³-hybridized carbons (Fsp3) is 0.182. The van der Waals surface area contributed by atoms with Crippen molar-refractivity contribution in [1.82, 2.24) is 0 Å². The molecule has 0 aromatic heterocycles. The van der Waals surface area contributed by atoms with E-state index in [0.717, 1.165) is 23.0 Å². The van der Waals surface area contributed by atoms with Gasteiger partial charge in [-0.15, -0.1) is 0 Å². The summed E-state index contributed by atoms with van der Waals surface area (Å²) < 4.78 is 16.2. The van der Waals surface area contributed by atoms with Gasteiger partial charge in [-0.05, 0) is 36.4 Å². The molecule has 0 aliphatic rings. The molecule has 0 saturated carbocycles. The van der Waals surface area contributed by atoms with E-state index in [-0.39, 0.29) is 10.9 Å². The number of hydrogen-bond donors (Lipinski definition) is 0. The van der Waals surface area contributed by atoms with Gasteiger partial charge in [0.1, 0.15) is 23.0 Å². The van der Waals surface area contributed by atoms with Crippen LogP contribution in [-0.4, -0.2) is 21.3 Å². The summed E-state index contributed by atoms with van der Waals surface area (Å²) in [5.74, 6) is 3.50. The van der Waals surface area contributed by atoms with Gasteiger partial charge in [0.25, 0.3) is 0 Å². The maximum atomic E-state index is 5.43. The van der Waals surface area contributed by atoms with Gasteiger partial charge >= 0.3 is 0 Å². The Labute approximate surface area is 157 Å². The molecule has 0 amide bonds. The van der Waals surface area contributed by atoms with Crippen molar-refractivity contribution in [2.45, 2.75) is 15.5 Å². The minimum absolute atomic E-state index is 0.152. The Bertz CT molecular complexity index is 816. The lowest BCUT2D eigenvalue weighted by Gasteiger charge is -2.11. The third kappa shape index (κ3) is 4.33. The van der Waals surface area contributed by atoms with Gasteiger partial charge in [0.05, 0.1) is 32.2 Å². The molecule has 0 saturated heterocycles. The molecule has 3 nitrogen and oxygen atoms in total. The van der Waals surface area contributed by atoms with Crippen LogP contribution in [0.25, 0.3) is 0 Å². The first-order valence-corrected chi connectivity index (χ1v) is 9.75. The van der Waals surface area contributed by atoms with Gasteiger partial charge in [0.2, 0.25) is 0 Å². The second-order valence-electron chi connectivity index (χ2n) is 5.74. The lowest BCUT2D eigenvalue weighted by atomic mass is 10.2. The molecule has 0 fully saturated rings. The summed E-state index contributed by atoms with van der Waals surface area (Å²) in [4.78, 5) is 2.47. The molecule has 0 radical (unpaired) electrons. The largest absolute Gasteiger partial charge is 0.497 e. The highest BCUT2D eigenvalue weighted by Crippen LogP contribution is 2.32. The second-order valence-corrected chi connectivity index (χ2v) is 7.76. The Morgan fingerprint density at radius 1 is 0.615 bits per heavy atom. The summed E-state index contributed by atoms with van der Waals surface area (Å²) in [5, 5.41) is 0. The Balaban J connectivity index is 2.02. The van der Waals surface area contributed by atoms with Crippen LogP contribution in [0.3, 0.4) is 0 Å². The van der Waals surface area contributed by atoms with E-state index in [1.54, 1.807) is 21.3 Å². The summed E-state index contributed by atoms with van der Waals surface area (Å²) in [7, 11) is 4.94. The first kappa shape index (κ1) is 18.2. The zero-order valence-electron chi connectivity index (χ0n) is 15.3. The third-order valence-corrected chi connectivity index (χ3v) is 6.36. The highest BCUT2D eigenvalue weighted by Gasteiger charge is 2.27. The molecule has 0 aliphatic carbocycles. The molecular weight excluding hydrogens is 344 g/mol.